The monoisotopic (exact) mass is 403 g/mol. The smallest absolute Gasteiger partial charge is 0.316 e. The van der Waals surface area contributed by atoms with Gasteiger partial charge in [0.25, 0.3) is 5.56 Å². The van der Waals surface area contributed by atoms with Crippen LogP contribution in [0.4, 0.5) is 5.69 Å². The molecule has 9 heteroatoms. The summed E-state index contributed by atoms with van der Waals surface area (Å²) in [6.45, 7) is 1.87. The van der Waals surface area contributed by atoms with Crippen LogP contribution in [0.2, 0.25) is 0 Å². The average Bonchev–Trinajstić information content (AvgIpc) is 3.09. The van der Waals surface area contributed by atoms with Crippen molar-refractivity contribution in [3.63, 3.8) is 0 Å². The van der Waals surface area contributed by atoms with Crippen molar-refractivity contribution in [2.75, 3.05) is 16.8 Å². The lowest BCUT2D eigenvalue weighted by Gasteiger charge is -2.06. The Labute approximate surface area is 163 Å². The SMILES string of the molecule is Cc1cccc(NC(=O)CSCC(=O)OCc2cc(=O)n3ccsc3n2)c1. The van der Waals surface area contributed by atoms with Crippen LogP contribution in [-0.2, 0) is 20.9 Å². The fraction of sp³-hybridized carbons (Fsp3) is 0.222. The summed E-state index contributed by atoms with van der Waals surface area (Å²) in [4.78, 5) is 40.4. The molecule has 0 spiro atoms. The molecule has 0 saturated carbocycles. The van der Waals surface area contributed by atoms with Crippen LogP contribution < -0.4 is 10.9 Å². The highest BCUT2D eigenvalue weighted by Gasteiger charge is 2.09. The summed E-state index contributed by atoms with van der Waals surface area (Å²) in [7, 11) is 0. The molecule has 27 heavy (non-hydrogen) atoms. The van der Waals surface area contributed by atoms with Gasteiger partial charge in [-0.05, 0) is 24.6 Å². The van der Waals surface area contributed by atoms with Crippen molar-refractivity contribution in [3.05, 3.63) is 63.5 Å². The summed E-state index contributed by atoms with van der Waals surface area (Å²) < 4.78 is 6.56. The second-order valence-corrected chi connectivity index (χ2v) is 7.57. The van der Waals surface area contributed by atoms with Gasteiger partial charge in [-0.2, -0.15) is 0 Å². The van der Waals surface area contributed by atoms with Gasteiger partial charge in [-0.3, -0.25) is 18.8 Å². The number of hydrogen-bond acceptors (Lipinski definition) is 7. The van der Waals surface area contributed by atoms with E-state index in [0.717, 1.165) is 23.0 Å². The molecule has 7 nitrogen and oxygen atoms in total. The lowest BCUT2D eigenvalue weighted by molar-refractivity contribution is -0.141. The molecule has 0 aliphatic rings. The zero-order valence-corrected chi connectivity index (χ0v) is 16.1. The minimum absolute atomic E-state index is 0.0431. The predicted octanol–water partition coefficient (Wildman–Crippen LogP) is 2.48. The third-order valence-electron chi connectivity index (χ3n) is 3.49. The van der Waals surface area contributed by atoms with Crippen LogP contribution in [0.25, 0.3) is 4.96 Å². The number of anilines is 1. The number of carbonyl (C=O) groups is 2. The number of benzene rings is 1. The largest absolute Gasteiger partial charge is 0.459 e. The number of thiazole rings is 1. The van der Waals surface area contributed by atoms with Gasteiger partial charge in [0.2, 0.25) is 5.91 Å². The van der Waals surface area contributed by atoms with E-state index in [2.05, 4.69) is 10.3 Å². The molecule has 0 aliphatic carbocycles. The lowest BCUT2D eigenvalue weighted by Crippen LogP contribution is -2.17. The van der Waals surface area contributed by atoms with E-state index in [-0.39, 0.29) is 29.6 Å². The van der Waals surface area contributed by atoms with E-state index in [0.29, 0.717) is 10.7 Å². The Balaban J connectivity index is 1.41. The van der Waals surface area contributed by atoms with E-state index in [1.807, 2.05) is 31.2 Å². The quantitative estimate of drug-likeness (QED) is 0.610. The minimum atomic E-state index is -0.462. The molecule has 2 heterocycles. The summed E-state index contributed by atoms with van der Waals surface area (Å²) in [5.74, 6) is -0.460. The van der Waals surface area contributed by atoms with Gasteiger partial charge >= 0.3 is 5.97 Å². The van der Waals surface area contributed by atoms with Crippen molar-refractivity contribution < 1.29 is 14.3 Å². The summed E-state index contributed by atoms with van der Waals surface area (Å²) in [5, 5.41) is 4.54. The molecule has 0 saturated heterocycles. The number of thioether (sulfide) groups is 1. The number of carbonyl (C=O) groups excluding carboxylic acids is 2. The molecule has 0 unspecified atom stereocenters. The first-order chi connectivity index (χ1) is 13.0. The van der Waals surface area contributed by atoms with Gasteiger partial charge in [-0.15, -0.1) is 23.1 Å². The summed E-state index contributed by atoms with van der Waals surface area (Å²) in [6, 6.07) is 8.83. The van der Waals surface area contributed by atoms with Gasteiger partial charge in [0, 0.05) is 23.3 Å². The van der Waals surface area contributed by atoms with Gasteiger partial charge in [-0.1, -0.05) is 12.1 Å². The first kappa shape index (κ1) is 19.1. The van der Waals surface area contributed by atoms with Crippen molar-refractivity contribution in [2.24, 2.45) is 0 Å². The Hall–Kier alpha value is -2.65. The maximum atomic E-state index is 11.9. The van der Waals surface area contributed by atoms with Crippen LogP contribution in [0.3, 0.4) is 0 Å². The highest BCUT2D eigenvalue weighted by atomic mass is 32.2. The maximum absolute atomic E-state index is 11.9. The number of amides is 1. The van der Waals surface area contributed by atoms with Crippen molar-refractivity contribution in [1.29, 1.82) is 0 Å². The van der Waals surface area contributed by atoms with Gasteiger partial charge in [-0.25, -0.2) is 4.98 Å². The summed E-state index contributed by atoms with van der Waals surface area (Å²) >= 11 is 2.50. The number of aromatic nitrogens is 2. The van der Waals surface area contributed by atoms with Gasteiger partial charge in [0.05, 0.1) is 17.2 Å². The molecule has 2 aromatic heterocycles. The van der Waals surface area contributed by atoms with E-state index >= 15 is 0 Å². The molecule has 0 fully saturated rings. The first-order valence-electron chi connectivity index (χ1n) is 8.07. The Morgan fingerprint density at radius 1 is 1.30 bits per heavy atom. The van der Waals surface area contributed by atoms with Gasteiger partial charge in [0.15, 0.2) is 4.96 Å². The maximum Gasteiger partial charge on any atom is 0.316 e. The van der Waals surface area contributed by atoms with E-state index in [1.165, 1.54) is 21.8 Å². The highest BCUT2D eigenvalue weighted by molar-refractivity contribution is 8.00. The fourth-order valence-electron chi connectivity index (χ4n) is 2.30. The topological polar surface area (TPSA) is 89.8 Å². The molecule has 3 rings (SSSR count). The number of esters is 1. The second kappa shape index (κ2) is 8.83. The number of ether oxygens (including phenoxy) is 1. The molecule has 140 valence electrons. The molecular weight excluding hydrogens is 386 g/mol. The lowest BCUT2D eigenvalue weighted by atomic mass is 10.2. The van der Waals surface area contributed by atoms with E-state index in [4.69, 9.17) is 4.74 Å². The van der Waals surface area contributed by atoms with Crippen molar-refractivity contribution >= 4 is 45.6 Å². The zero-order valence-electron chi connectivity index (χ0n) is 14.5. The molecule has 0 radical (unpaired) electrons. The highest BCUT2D eigenvalue weighted by Crippen LogP contribution is 2.11. The number of rotatable bonds is 7. The van der Waals surface area contributed by atoms with Crippen molar-refractivity contribution in [3.8, 4) is 0 Å². The van der Waals surface area contributed by atoms with E-state index in [1.54, 1.807) is 11.6 Å². The fourth-order valence-corrected chi connectivity index (χ4v) is 3.65. The van der Waals surface area contributed by atoms with Crippen LogP contribution in [0.15, 0.2) is 46.7 Å². The average molecular weight is 403 g/mol. The zero-order chi connectivity index (χ0) is 19.2. The Morgan fingerprint density at radius 2 is 2.15 bits per heavy atom. The molecule has 3 aromatic rings. The molecule has 1 aromatic carbocycles. The van der Waals surface area contributed by atoms with E-state index < -0.39 is 5.97 Å². The Morgan fingerprint density at radius 3 is 2.96 bits per heavy atom. The number of nitrogens with one attached hydrogen (secondary N) is 1. The van der Waals surface area contributed by atoms with E-state index in [9.17, 15) is 14.4 Å². The third kappa shape index (κ3) is 5.41. The first-order valence-corrected chi connectivity index (χ1v) is 10.1. The number of fused-ring (bicyclic) bond motifs is 1. The summed E-state index contributed by atoms with van der Waals surface area (Å²) in [5.41, 5.74) is 1.97. The van der Waals surface area contributed by atoms with Gasteiger partial charge < -0.3 is 10.1 Å². The minimum Gasteiger partial charge on any atom is -0.459 e. The number of aryl methyl sites for hydroxylation is 1. The van der Waals surface area contributed by atoms with Crippen LogP contribution in [0, 0.1) is 6.92 Å². The van der Waals surface area contributed by atoms with Crippen LogP contribution >= 0.6 is 23.1 Å². The molecule has 0 aliphatic heterocycles. The van der Waals surface area contributed by atoms with Crippen molar-refractivity contribution in [2.45, 2.75) is 13.5 Å². The van der Waals surface area contributed by atoms with Gasteiger partial charge in [0.1, 0.15) is 6.61 Å². The molecule has 1 amide bonds. The Kier molecular flexibility index (Phi) is 6.25. The Bertz CT molecular complexity index is 1030. The molecular formula is C18H17N3O4S2. The number of nitrogens with zero attached hydrogens (tertiary/aromatic N) is 2. The standard InChI is InChI=1S/C18H17N3O4S2/c1-12-3-2-4-13(7-12)19-15(22)10-26-11-17(24)25-9-14-8-16(23)21-5-6-27-18(21)20-14/h2-8H,9-11H2,1H3,(H,19,22). The van der Waals surface area contributed by atoms with Crippen LogP contribution in [0.1, 0.15) is 11.3 Å². The number of hydrogen-bond donors (Lipinski definition) is 1. The van der Waals surface area contributed by atoms with Crippen molar-refractivity contribution in [1.82, 2.24) is 9.38 Å². The normalized spacial score (nSPS) is 10.7. The molecule has 0 bridgehead atoms. The van der Waals surface area contributed by atoms with Crippen LogP contribution in [0.5, 0.6) is 0 Å². The molecule has 0 atom stereocenters. The van der Waals surface area contributed by atoms with Crippen LogP contribution in [-0.4, -0.2) is 32.8 Å². The third-order valence-corrected chi connectivity index (χ3v) is 5.15. The molecule has 1 N–H and O–H groups in total. The summed E-state index contributed by atoms with van der Waals surface area (Å²) in [6.07, 6.45) is 1.64. The predicted molar refractivity (Wildman–Crippen MR) is 106 cm³/mol. The second-order valence-electron chi connectivity index (χ2n) is 5.71.